The molecule has 1 fully saturated rings. The van der Waals surface area contributed by atoms with Gasteiger partial charge in [-0.05, 0) is 36.7 Å². The topological polar surface area (TPSA) is 57.5 Å². The van der Waals surface area contributed by atoms with E-state index in [0.29, 0.717) is 5.57 Å². The highest BCUT2D eigenvalue weighted by molar-refractivity contribution is 5.81. The van der Waals surface area contributed by atoms with Gasteiger partial charge in [-0.25, -0.2) is 4.79 Å². The van der Waals surface area contributed by atoms with Crippen molar-refractivity contribution in [3.05, 3.63) is 23.8 Å². The van der Waals surface area contributed by atoms with E-state index < -0.39 is 11.6 Å². The summed E-state index contributed by atoms with van der Waals surface area (Å²) in [5, 5.41) is 19.6. The van der Waals surface area contributed by atoms with Crippen LogP contribution in [0.4, 0.5) is 0 Å². The van der Waals surface area contributed by atoms with Crippen LogP contribution in [0, 0.1) is 11.3 Å². The fraction of sp³-hybridized carbons (Fsp3) is 0.667. The van der Waals surface area contributed by atoms with Crippen molar-refractivity contribution in [1.29, 1.82) is 0 Å². The number of carbonyl (C=O) groups is 1. The first kappa shape index (κ1) is 15.0. The van der Waals surface area contributed by atoms with Crippen LogP contribution in [-0.4, -0.2) is 21.8 Å². The first-order valence-corrected chi connectivity index (χ1v) is 6.52. The van der Waals surface area contributed by atoms with Crippen molar-refractivity contribution in [2.75, 3.05) is 0 Å². The molecule has 1 saturated carbocycles. The van der Waals surface area contributed by atoms with Crippen molar-refractivity contribution in [2.45, 2.75) is 52.6 Å². The third-order valence-electron chi connectivity index (χ3n) is 4.23. The lowest BCUT2D eigenvalue weighted by atomic mass is 9.60. The summed E-state index contributed by atoms with van der Waals surface area (Å²) in [4.78, 5) is 10.6. The van der Waals surface area contributed by atoms with Gasteiger partial charge in [-0.1, -0.05) is 39.3 Å². The van der Waals surface area contributed by atoms with Crippen LogP contribution in [-0.2, 0) is 4.79 Å². The van der Waals surface area contributed by atoms with Gasteiger partial charge in [0, 0.05) is 6.08 Å². The Labute approximate surface area is 109 Å². The predicted octanol–water partition coefficient (Wildman–Crippen LogP) is 3.15. The molecule has 0 radical (unpaired) electrons. The highest BCUT2D eigenvalue weighted by Crippen LogP contribution is 2.47. The van der Waals surface area contributed by atoms with Gasteiger partial charge >= 0.3 is 5.97 Å². The molecule has 2 atom stereocenters. The molecule has 0 aromatic heterocycles. The summed E-state index contributed by atoms with van der Waals surface area (Å²) >= 11 is 0. The average Bonchev–Trinajstić information content (AvgIpc) is 2.22. The Hall–Kier alpha value is -1.09. The van der Waals surface area contributed by atoms with Crippen molar-refractivity contribution < 1.29 is 15.0 Å². The second kappa shape index (κ2) is 5.27. The minimum atomic E-state index is -0.958. The van der Waals surface area contributed by atoms with Gasteiger partial charge in [-0.15, -0.1) is 0 Å². The van der Waals surface area contributed by atoms with Crippen LogP contribution in [0.5, 0.6) is 0 Å². The quantitative estimate of drug-likeness (QED) is 0.599. The number of rotatable bonds is 3. The van der Waals surface area contributed by atoms with Gasteiger partial charge in [0.25, 0.3) is 0 Å². The molecule has 0 amide bonds. The van der Waals surface area contributed by atoms with Gasteiger partial charge in [-0.2, -0.15) is 0 Å². The Kier molecular flexibility index (Phi) is 4.38. The molecule has 0 saturated heterocycles. The number of aliphatic hydroxyl groups is 1. The van der Waals surface area contributed by atoms with E-state index in [1.165, 1.54) is 0 Å². The smallest absolute Gasteiger partial charge is 0.328 e. The van der Waals surface area contributed by atoms with Crippen LogP contribution in [0.1, 0.15) is 47.0 Å². The summed E-state index contributed by atoms with van der Waals surface area (Å²) < 4.78 is 0. The van der Waals surface area contributed by atoms with Crippen molar-refractivity contribution in [3.63, 3.8) is 0 Å². The SMILES string of the molecule is CC(=C/C(=O)O)/C=C/[C@@]1(O)[C@@H](C)CCCC1(C)C. The summed E-state index contributed by atoms with van der Waals surface area (Å²) in [6.07, 6.45) is 7.78. The first-order chi connectivity index (χ1) is 8.19. The lowest BCUT2D eigenvalue weighted by Crippen LogP contribution is -2.50. The van der Waals surface area contributed by atoms with Gasteiger partial charge in [0.1, 0.15) is 0 Å². The summed E-state index contributed by atoms with van der Waals surface area (Å²) in [6, 6.07) is 0. The Morgan fingerprint density at radius 1 is 1.39 bits per heavy atom. The van der Waals surface area contributed by atoms with Crippen LogP contribution >= 0.6 is 0 Å². The van der Waals surface area contributed by atoms with Crippen molar-refractivity contribution >= 4 is 5.97 Å². The van der Waals surface area contributed by atoms with E-state index in [1.54, 1.807) is 19.1 Å². The largest absolute Gasteiger partial charge is 0.478 e. The molecular weight excluding hydrogens is 228 g/mol. The zero-order valence-corrected chi connectivity index (χ0v) is 11.7. The van der Waals surface area contributed by atoms with Gasteiger partial charge in [-0.3, -0.25) is 0 Å². The van der Waals surface area contributed by atoms with Crippen LogP contribution in [0.2, 0.25) is 0 Å². The number of carboxylic acids is 1. The molecule has 1 aliphatic carbocycles. The lowest BCUT2D eigenvalue weighted by Gasteiger charge is -2.49. The van der Waals surface area contributed by atoms with E-state index in [0.717, 1.165) is 25.3 Å². The Morgan fingerprint density at radius 2 is 2.00 bits per heavy atom. The van der Waals surface area contributed by atoms with Crippen molar-refractivity contribution in [2.24, 2.45) is 11.3 Å². The van der Waals surface area contributed by atoms with Crippen LogP contribution in [0.3, 0.4) is 0 Å². The second-order valence-electron chi connectivity index (χ2n) is 6.06. The number of allylic oxidation sites excluding steroid dienone is 2. The fourth-order valence-electron chi connectivity index (χ4n) is 2.83. The molecule has 0 bridgehead atoms. The highest BCUT2D eigenvalue weighted by atomic mass is 16.4. The van der Waals surface area contributed by atoms with Gasteiger partial charge in [0.2, 0.25) is 0 Å². The van der Waals surface area contributed by atoms with Gasteiger partial charge < -0.3 is 10.2 Å². The average molecular weight is 252 g/mol. The molecule has 0 aromatic rings. The highest BCUT2D eigenvalue weighted by Gasteiger charge is 2.47. The molecule has 18 heavy (non-hydrogen) atoms. The van der Waals surface area contributed by atoms with E-state index in [2.05, 4.69) is 20.8 Å². The van der Waals surface area contributed by atoms with E-state index in [4.69, 9.17) is 5.11 Å². The van der Waals surface area contributed by atoms with Crippen molar-refractivity contribution in [1.82, 2.24) is 0 Å². The molecule has 0 aromatic carbocycles. The summed E-state index contributed by atoms with van der Waals surface area (Å²) in [5.41, 5.74) is -0.395. The fourth-order valence-corrected chi connectivity index (χ4v) is 2.83. The molecule has 102 valence electrons. The van der Waals surface area contributed by atoms with Crippen LogP contribution < -0.4 is 0 Å². The predicted molar refractivity (Wildman–Crippen MR) is 72.3 cm³/mol. The molecule has 0 unspecified atom stereocenters. The normalized spacial score (nSPS) is 32.7. The standard InChI is InChI=1S/C15H24O3/c1-11(10-13(16)17)7-9-15(18)12(2)6-5-8-14(15,3)4/h7,9-10,12,18H,5-6,8H2,1-4H3,(H,16,17)/b9-7+,11-10-/t12-,15+/m0/s1. The van der Waals surface area contributed by atoms with Gasteiger partial charge in [0.05, 0.1) is 5.60 Å². The third kappa shape index (κ3) is 3.02. The van der Waals surface area contributed by atoms with E-state index in [1.807, 2.05) is 0 Å². The minimum absolute atomic E-state index is 0.176. The number of hydrogen-bond acceptors (Lipinski definition) is 2. The molecule has 3 nitrogen and oxygen atoms in total. The van der Waals surface area contributed by atoms with Gasteiger partial charge in [0.15, 0.2) is 0 Å². The zero-order valence-electron chi connectivity index (χ0n) is 11.7. The monoisotopic (exact) mass is 252 g/mol. The van der Waals surface area contributed by atoms with Crippen LogP contribution in [0.15, 0.2) is 23.8 Å². The van der Waals surface area contributed by atoms with Crippen molar-refractivity contribution in [3.8, 4) is 0 Å². The third-order valence-corrected chi connectivity index (χ3v) is 4.23. The zero-order chi connectivity index (χ0) is 14.0. The molecule has 0 spiro atoms. The first-order valence-electron chi connectivity index (χ1n) is 6.52. The molecule has 0 aliphatic heterocycles. The lowest BCUT2D eigenvalue weighted by molar-refractivity contribution is -0.131. The maximum Gasteiger partial charge on any atom is 0.328 e. The Bertz CT molecular complexity index is 379. The maximum absolute atomic E-state index is 10.9. The van der Waals surface area contributed by atoms with E-state index in [-0.39, 0.29) is 11.3 Å². The molecular formula is C15H24O3. The number of carboxylic acid groups (broad SMARTS) is 1. The number of hydrogen-bond donors (Lipinski definition) is 2. The Balaban J connectivity index is 2.97. The summed E-state index contributed by atoms with van der Waals surface area (Å²) in [6.45, 7) is 7.93. The van der Waals surface area contributed by atoms with E-state index >= 15 is 0 Å². The van der Waals surface area contributed by atoms with Crippen LogP contribution in [0.25, 0.3) is 0 Å². The maximum atomic E-state index is 10.9. The molecule has 1 rings (SSSR count). The minimum Gasteiger partial charge on any atom is -0.478 e. The number of aliphatic carboxylic acids is 1. The molecule has 0 heterocycles. The molecule has 2 N–H and O–H groups in total. The Morgan fingerprint density at radius 3 is 2.50 bits per heavy atom. The second-order valence-corrected chi connectivity index (χ2v) is 6.06. The molecule has 3 heteroatoms. The summed E-state index contributed by atoms with van der Waals surface area (Å²) in [5.74, 6) is -0.768. The van der Waals surface area contributed by atoms with E-state index in [9.17, 15) is 9.90 Å². The summed E-state index contributed by atoms with van der Waals surface area (Å²) in [7, 11) is 0. The molecule has 1 aliphatic rings.